The Labute approximate surface area is 126 Å². The van der Waals surface area contributed by atoms with E-state index in [4.69, 9.17) is 4.74 Å². The van der Waals surface area contributed by atoms with E-state index >= 15 is 0 Å². The topological polar surface area (TPSA) is 37.9 Å². The van der Waals surface area contributed by atoms with Crippen LogP contribution in [0.25, 0.3) is 11.3 Å². The first-order valence-corrected chi connectivity index (χ1v) is 7.85. The van der Waals surface area contributed by atoms with Crippen LogP contribution in [0.1, 0.15) is 56.7 Å². The first-order valence-electron chi connectivity index (χ1n) is 7.85. The van der Waals surface area contributed by atoms with Gasteiger partial charge in [-0.15, -0.1) is 0 Å². The fraction of sp³-hybridized carbons (Fsp3) is 0.500. The number of hydrogen-bond donors (Lipinski definition) is 1. The van der Waals surface area contributed by atoms with Gasteiger partial charge in [-0.05, 0) is 36.8 Å². The lowest BCUT2D eigenvalue weighted by atomic mass is 9.75. The van der Waals surface area contributed by atoms with E-state index in [1.165, 1.54) is 24.1 Å². The van der Waals surface area contributed by atoms with Crippen LogP contribution in [0.15, 0.2) is 24.3 Å². The number of aromatic amines is 1. The molecule has 0 amide bonds. The summed E-state index contributed by atoms with van der Waals surface area (Å²) in [6, 6.07) is 8.15. The molecule has 0 bridgehead atoms. The number of para-hydroxylation sites is 1. The van der Waals surface area contributed by atoms with E-state index in [1.807, 2.05) is 18.2 Å². The summed E-state index contributed by atoms with van der Waals surface area (Å²) in [4.78, 5) is 0. The van der Waals surface area contributed by atoms with E-state index in [1.54, 1.807) is 7.11 Å². The minimum Gasteiger partial charge on any atom is -0.496 e. The van der Waals surface area contributed by atoms with Gasteiger partial charge in [0.2, 0.25) is 0 Å². The lowest BCUT2D eigenvalue weighted by Crippen LogP contribution is -2.16. The van der Waals surface area contributed by atoms with Crippen LogP contribution in [0.4, 0.5) is 0 Å². The lowest BCUT2D eigenvalue weighted by Gasteiger charge is -2.29. The van der Waals surface area contributed by atoms with E-state index < -0.39 is 0 Å². The smallest absolute Gasteiger partial charge is 0.128 e. The molecule has 2 unspecified atom stereocenters. The number of hydrogen-bond acceptors (Lipinski definition) is 2. The molecule has 1 heterocycles. The number of ether oxygens (including phenoxy) is 1. The van der Waals surface area contributed by atoms with Gasteiger partial charge in [-0.25, -0.2) is 0 Å². The molecule has 2 atom stereocenters. The van der Waals surface area contributed by atoms with Gasteiger partial charge >= 0.3 is 0 Å². The zero-order valence-corrected chi connectivity index (χ0v) is 13.3. The van der Waals surface area contributed by atoms with Crippen LogP contribution in [-0.4, -0.2) is 17.3 Å². The Morgan fingerprint density at radius 1 is 1.24 bits per heavy atom. The van der Waals surface area contributed by atoms with Crippen LogP contribution in [0, 0.1) is 5.92 Å². The molecule has 1 aliphatic carbocycles. The second kappa shape index (κ2) is 5.55. The van der Waals surface area contributed by atoms with Crippen molar-refractivity contribution in [2.24, 2.45) is 5.92 Å². The molecule has 3 rings (SSSR count). The van der Waals surface area contributed by atoms with Gasteiger partial charge in [0, 0.05) is 22.7 Å². The third kappa shape index (κ3) is 2.35. The number of nitrogens with one attached hydrogen (secondary N) is 1. The Morgan fingerprint density at radius 2 is 2.00 bits per heavy atom. The molecule has 112 valence electrons. The third-order valence-corrected chi connectivity index (χ3v) is 4.77. The Bertz CT molecular complexity index is 630. The maximum atomic E-state index is 5.52. The summed E-state index contributed by atoms with van der Waals surface area (Å²) < 4.78 is 5.52. The van der Waals surface area contributed by atoms with Crippen molar-refractivity contribution in [2.45, 2.75) is 45.4 Å². The fourth-order valence-corrected chi connectivity index (χ4v) is 3.58. The minimum atomic E-state index is 0.550. The van der Waals surface area contributed by atoms with Gasteiger partial charge in [0.05, 0.1) is 12.8 Å². The monoisotopic (exact) mass is 284 g/mol. The average Bonchev–Trinajstić information content (AvgIpc) is 2.92. The van der Waals surface area contributed by atoms with Crippen LogP contribution in [-0.2, 0) is 0 Å². The maximum Gasteiger partial charge on any atom is 0.128 e. The molecule has 0 aliphatic heterocycles. The number of rotatable bonds is 3. The lowest BCUT2D eigenvalue weighted by molar-refractivity contribution is 0.403. The zero-order valence-electron chi connectivity index (χ0n) is 13.3. The summed E-state index contributed by atoms with van der Waals surface area (Å²) in [5.41, 5.74) is 4.89. The fourth-order valence-electron chi connectivity index (χ4n) is 3.58. The van der Waals surface area contributed by atoms with Crippen LogP contribution in [0.3, 0.4) is 0 Å². The molecule has 3 heteroatoms. The Kier molecular flexibility index (Phi) is 3.75. The first kappa shape index (κ1) is 14.2. The van der Waals surface area contributed by atoms with Gasteiger partial charge < -0.3 is 4.74 Å². The number of methoxy groups -OCH3 is 1. The van der Waals surface area contributed by atoms with Crippen molar-refractivity contribution in [1.82, 2.24) is 10.2 Å². The molecule has 0 spiro atoms. The largest absolute Gasteiger partial charge is 0.496 e. The Morgan fingerprint density at radius 3 is 2.71 bits per heavy atom. The number of fused-ring (bicyclic) bond motifs is 1. The molecule has 2 aromatic rings. The third-order valence-electron chi connectivity index (χ3n) is 4.77. The molecular formula is C18H24N2O. The predicted molar refractivity (Wildman–Crippen MR) is 85.8 cm³/mol. The van der Waals surface area contributed by atoms with E-state index in [9.17, 15) is 0 Å². The summed E-state index contributed by atoms with van der Waals surface area (Å²) in [7, 11) is 1.72. The van der Waals surface area contributed by atoms with Gasteiger partial charge in [0.15, 0.2) is 0 Å². The number of nitrogens with zero attached hydrogens (tertiary/aromatic N) is 1. The quantitative estimate of drug-likeness (QED) is 0.885. The van der Waals surface area contributed by atoms with Crippen molar-refractivity contribution in [3.8, 4) is 17.0 Å². The van der Waals surface area contributed by atoms with Crippen molar-refractivity contribution < 1.29 is 4.74 Å². The number of H-pyrrole nitrogens is 1. The SMILES string of the molecule is COc1ccccc1-c1n[nH]c2c1C(C)CCC2C(C)C. The van der Waals surface area contributed by atoms with Crippen LogP contribution >= 0.6 is 0 Å². The molecule has 1 aromatic heterocycles. The van der Waals surface area contributed by atoms with Crippen molar-refractivity contribution in [1.29, 1.82) is 0 Å². The molecule has 0 radical (unpaired) electrons. The summed E-state index contributed by atoms with van der Waals surface area (Å²) in [5.74, 6) is 2.67. The number of aromatic nitrogens is 2. The summed E-state index contributed by atoms with van der Waals surface area (Å²) >= 11 is 0. The molecular weight excluding hydrogens is 260 g/mol. The summed E-state index contributed by atoms with van der Waals surface area (Å²) in [5, 5.41) is 7.99. The first-order chi connectivity index (χ1) is 10.1. The molecule has 3 nitrogen and oxygen atoms in total. The van der Waals surface area contributed by atoms with Crippen molar-refractivity contribution >= 4 is 0 Å². The van der Waals surface area contributed by atoms with Gasteiger partial charge in [-0.3, -0.25) is 5.10 Å². The zero-order chi connectivity index (χ0) is 15.0. The molecule has 0 saturated carbocycles. The molecule has 21 heavy (non-hydrogen) atoms. The molecule has 1 aromatic carbocycles. The maximum absolute atomic E-state index is 5.52. The van der Waals surface area contributed by atoms with Crippen molar-refractivity contribution in [2.75, 3.05) is 7.11 Å². The molecule has 1 N–H and O–H groups in total. The number of benzene rings is 1. The molecule has 0 saturated heterocycles. The highest BCUT2D eigenvalue weighted by Crippen LogP contribution is 2.46. The van der Waals surface area contributed by atoms with E-state index in [0.29, 0.717) is 17.8 Å². The van der Waals surface area contributed by atoms with Gasteiger partial charge in [0.25, 0.3) is 0 Å². The minimum absolute atomic E-state index is 0.550. The highest BCUT2D eigenvalue weighted by atomic mass is 16.5. The van der Waals surface area contributed by atoms with E-state index in [0.717, 1.165) is 17.0 Å². The summed E-state index contributed by atoms with van der Waals surface area (Å²) in [6.07, 6.45) is 2.48. The predicted octanol–water partition coefficient (Wildman–Crippen LogP) is 4.72. The average molecular weight is 284 g/mol. The Balaban J connectivity index is 2.14. The van der Waals surface area contributed by atoms with Crippen molar-refractivity contribution in [3.05, 3.63) is 35.5 Å². The van der Waals surface area contributed by atoms with Gasteiger partial charge in [-0.1, -0.05) is 32.9 Å². The van der Waals surface area contributed by atoms with Crippen LogP contribution in [0.5, 0.6) is 5.75 Å². The van der Waals surface area contributed by atoms with Gasteiger partial charge in [0.1, 0.15) is 5.75 Å². The van der Waals surface area contributed by atoms with Crippen LogP contribution in [0.2, 0.25) is 0 Å². The highest BCUT2D eigenvalue weighted by Gasteiger charge is 2.32. The molecule has 1 aliphatic rings. The van der Waals surface area contributed by atoms with E-state index in [2.05, 4.69) is 37.0 Å². The highest BCUT2D eigenvalue weighted by molar-refractivity contribution is 5.71. The van der Waals surface area contributed by atoms with Crippen LogP contribution < -0.4 is 4.74 Å². The van der Waals surface area contributed by atoms with Crippen molar-refractivity contribution in [3.63, 3.8) is 0 Å². The standard InChI is InChI=1S/C18H24N2O/c1-11(2)13-10-9-12(3)16-17(13)19-20-18(16)14-7-5-6-8-15(14)21-4/h5-8,11-13H,9-10H2,1-4H3,(H,19,20). The second-order valence-electron chi connectivity index (χ2n) is 6.43. The normalized spacial score (nSPS) is 21.4. The molecule has 0 fully saturated rings. The Hall–Kier alpha value is -1.77. The van der Waals surface area contributed by atoms with Gasteiger partial charge in [-0.2, -0.15) is 5.10 Å². The van der Waals surface area contributed by atoms with E-state index in [-0.39, 0.29) is 0 Å². The second-order valence-corrected chi connectivity index (χ2v) is 6.43. The summed E-state index contributed by atoms with van der Waals surface area (Å²) in [6.45, 7) is 6.91.